The van der Waals surface area contributed by atoms with Gasteiger partial charge in [0, 0.05) is 11.1 Å². The predicted octanol–water partition coefficient (Wildman–Crippen LogP) is 4.78. The molecule has 2 rings (SSSR count). The first-order chi connectivity index (χ1) is 9.93. The maximum absolute atomic E-state index is 6.19. The van der Waals surface area contributed by atoms with E-state index in [9.17, 15) is 0 Å². The predicted molar refractivity (Wildman–Crippen MR) is 86.6 cm³/mol. The quantitative estimate of drug-likeness (QED) is 0.884. The van der Waals surface area contributed by atoms with Crippen LogP contribution in [0.15, 0.2) is 30.3 Å². The third kappa shape index (κ3) is 3.31. The van der Waals surface area contributed by atoms with Crippen LogP contribution in [0.4, 0.5) is 0 Å². The number of hydrogen-bond acceptors (Lipinski definition) is 3. The van der Waals surface area contributed by atoms with Crippen LogP contribution < -0.4 is 15.2 Å². The molecule has 0 spiro atoms. The molecule has 21 heavy (non-hydrogen) atoms. The van der Waals surface area contributed by atoms with Crippen LogP contribution in [0.3, 0.4) is 0 Å². The van der Waals surface area contributed by atoms with Gasteiger partial charge in [-0.15, -0.1) is 0 Å². The fraction of sp³-hybridized carbons (Fsp3) is 0.294. The lowest BCUT2D eigenvalue weighted by Gasteiger charge is -2.17. The summed E-state index contributed by atoms with van der Waals surface area (Å²) in [5, 5.41) is 0.764. The van der Waals surface area contributed by atoms with Crippen LogP contribution >= 0.6 is 11.6 Å². The van der Waals surface area contributed by atoms with Gasteiger partial charge >= 0.3 is 0 Å². The largest absolute Gasteiger partial charge is 0.496 e. The van der Waals surface area contributed by atoms with Gasteiger partial charge in [0.2, 0.25) is 0 Å². The Hall–Kier alpha value is -1.71. The Morgan fingerprint density at radius 2 is 1.67 bits per heavy atom. The third-order valence-electron chi connectivity index (χ3n) is 3.34. The molecule has 2 aromatic rings. The first-order valence-corrected chi connectivity index (χ1v) is 7.19. The molecule has 3 nitrogen and oxygen atoms in total. The summed E-state index contributed by atoms with van der Waals surface area (Å²) >= 11 is 6.19. The number of nitrogens with two attached hydrogens (primary N) is 1. The molecule has 4 heteroatoms. The molecular formula is C17H20ClNO2. The van der Waals surface area contributed by atoms with Crippen LogP contribution in [-0.2, 0) is 0 Å². The van der Waals surface area contributed by atoms with Crippen molar-refractivity contribution in [2.24, 2.45) is 5.73 Å². The summed E-state index contributed by atoms with van der Waals surface area (Å²) in [6.45, 7) is 5.82. The van der Waals surface area contributed by atoms with E-state index in [2.05, 4.69) is 0 Å². The Morgan fingerprint density at radius 1 is 1.10 bits per heavy atom. The molecule has 112 valence electrons. The molecule has 0 aromatic heterocycles. The minimum Gasteiger partial charge on any atom is -0.496 e. The van der Waals surface area contributed by atoms with E-state index in [1.165, 1.54) is 0 Å². The van der Waals surface area contributed by atoms with E-state index in [-0.39, 0.29) is 6.04 Å². The van der Waals surface area contributed by atoms with E-state index in [4.69, 9.17) is 26.8 Å². The minimum atomic E-state index is -0.189. The van der Waals surface area contributed by atoms with Crippen molar-refractivity contribution in [1.82, 2.24) is 0 Å². The molecule has 2 aromatic carbocycles. The highest BCUT2D eigenvalue weighted by Gasteiger charge is 2.15. The summed E-state index contributed by atoms with van der Waals surface area (Å²) in [5.74, 6) is 2.17. The SMILES string of the molecule is COc1cccc(Oc2cc(C)c(Cl)c(C)c2)c1[C@H](C)N. The highest BCUT2D eigenvalue weighted by atomic mass is 35.5. The number of hydrogen-bond donors (Lipinski definition) is 1. The van der Waals surface area contributed by atoms with Gasteiger partial charge in [0.05, 0.1) is 12.7 Å². The second kappa shape index (κ2) is 6.37. The summed E-state index contributed by atoms with van der Waals surface area (Å²) in [6, 6.07) is 9.30. The molecule has 0 fully saturated rings. The molecule has 0 heterocycles. The van der Waals surface area contributed by atoms with Crippen LogP contribution in [0.2, 0.25) is 5.02 Å². The maximum Gasteiger partial charge on any atom is 0.135 e. The van der Waals surface area contributed by atoms with Gasteiger partial charge in [-0.2, -0.15) is 0 Å². The topological polar surface area (TPSA) is 44.5 Å². The smallest absolute Gasteiger partial charge is 0.135 e. The number of rotatable bonds is 4. The fourth-order valence-corrected chi connectivity index (χ4v) is 2.44. The van der Waals surface area contributed by atoms with Crippen molar-refractivity contribution in [2.45, 2.75) is 26.8 Å². The summed E-state index contributed by atoms with van der Waals surface area (Å²) in [7, 11) is 1.63. The van der Waals surface area contributed by atoms with Crippen molar-refractivity contribution in [3.63, 3.8) is 0 Å². The molecule has 2 N–H and O–H groups in total. The van der Waals surface area contributed by atoms with E-state index in [1.54, 1.807) is 7.11 Å². The van der Waals surface area contributed by atoms with Crippen LogP contribution in [0.1, 0.15) is 29.7 Å². The Bertz CT molecular complexity index is 630. The van der Waals surface area contributed by atoms with Gasteiger partial charge in [-0.05, 0) is 56.2 Å². The van der Waals surface area contributed by atoms with Crippen molar-refractivity contribution in [2.75, 3.05) is 7.11 Å². The van der Waals surface area contributed by atoms with Crippen LogP contribution in [0.25, 0.3) is 0 Å². The molecule has 0 aliphatic heterocycles. The summed E-state index contributed by atoms with van der Waals surface area (Å²) < 4.78 is 11.4. The monoisotopic (exact) mass is 305 g/mol. The zero-order valence-electron chi connectivity index (χ0n) is 12.7. The lowest BCUT2D eigenvalue weighted by molar-refractivity contribution is 0.397. The van der Waals surface area contributed by atoms with Gasteiger partial charge in [0.25, 0.3) is 0 Å². The van der Waals surface area contributed by atoms with Gasteiger partial charge in [0.15, 0.2) is 0 Å². The fourth-order valence-electron chi connectivity index (χ4n) is 2.33. The van der Waals surface area contributed by atoms with Crippen LogP contribution in [0.5, 0.6) is 17.2 Å². The molecule has 0 unspecified atom stereocenters. The highest BCUT2D eigenvalue weighted by Crippen LogP contribution is 2.37. The van der Waals surface area contributed by atoms with Crippen molar-refractivity contribution in [3.05, 3.63) is 52.0 Å². The standard InChI is InChI=1S/C17H20ClNO2/c1-10-8-13(9-11(2)17(10)18)21-15-7-5-6-14(20-4)16(15)12(3)19/h5-9,12H,19H2,1-4H3/t12-/m0/s1. The van der Waals surface area contributed by atoms with E-state index in [0.29, 0.717) is 5.75 Å². The number of benzene rings is 2. The zero-order valence-corrected chi connectivity index (χ0v) is 13.5. The Kier molecular flexibility index (Phi) is 4.76. The van der Waals surface area contributed by atoms with Gasteiger partial charge in [-0.1, -0.05) is 17.7 Å². The number of ether oxygens (including phenoxy) is 2. The average Bonchev–Trinajstić information content (AvgIpc) is 2.44. The zero-order chi connectivity index (χ0) is 15.6. The molecule has 0 saturated carbocycles. The Labute approximate surface area is 130 Å². The van der Waals surface area contributed by atoms with Crippen molar-refractivity contribution < 1.29 is 9.47 Å². The molecule has 0 bridgehead atoms. The summed E-state index contributed by atoms with van der Waals surface area (Å²) in [6.07, 6.45) is 0. The van der Waals surface area contributed by atoms with Crippen LogP contribution in [-0.4, -0.2) is 7.11 Å². The first-order valence-electron chi connectivity index (χ1n) is 6.81. The lowest BCUT2D eigenvalue weighted by Crippen LogP contribution is -2.08. The van der Waals surface area contributed by atoms with Gasteiger partial charge in [-0.25, -0.2) is 0 Å². The minimum absolute atomic E-state index is 0.189. The average molecular weight is 306 g/mol. The number of methoxy groups -OCH3 is 1. The molecule has 0 saturated heterocycles. The van der Waals surface area contributed by atoms with Crippen molar-refractivity contribution in [3.8, 4) is 17.2 Å². The van der Waals surface area contributed by atoms with Gasteiger partial charge < -0.3 is 15.2 Å². The second-order valence-corrected chi connectivity index (χ2v) is 5.51. The van der Waals surface area contributed by atoms with Crippen molar-refractivity contribution in [1.29, 1.82) is 0 Å². The van der Waals surface area contributed by atoms with E-state index < -0.39 is 0 Å². The molecule has 0 radical (unpaired) electrons. The Balaban J connectivity index is 2.44. The summed E-state index contributed by atoms with van der Waals surface area (Å²) in [4.78, 5) is 0. The molecule has 0 aliphatic rings. The third-order valence-corrected chi connectivity index (χ3v) is 3.94. The lowest BCUT2D eigenvalue weighted by atomic mass is 10.1. The Morgan fingerprint density at radius 3 is 2.19 bits per heavy atom. The molecule has 0 amide bonds. The molecular weight excluding hydrogens is 286 g/mol. The van der Waals surface area contributed by atoms with E-state index >= 15 is 0 Å². The second-order valence-electron chi connectivity index (χ2n) is 5.13. The van der Waals surface area contributed by atoms with Gasteiger partial charge in [-0.3, -0.25) is 0 Å². The highest BCUT2D eigenvalue weighted by molar-refractivity contribution is 6.32. The molecule has 0 aliphatic carbocycles. The molecule has 1 atom stereocenters. The summed E-state index contributed by atoms with van der Waals surface area (Å²) in [5.41, 5.74) is 8.87. The van der Waals surface area contributed by atoms with E-state index in [1.807, 2.05) is 51.1 Å². The normalized spacial score (nSPS) is 12.1. The van der Waals surface area contributed by atoms with Gasteiger partial charge in [0.1, 0.15) is 17.2 Å². The maximum atomic E-state index is 6.19. The van der Waals surface area contributed by atoms with Crippen molar-refractivity contribution >= 4 is 11.6 Å². The number of aryl methyl sites for hydroxylation is 2. The first kappa shape index (κ1) is 15.7. The number of halogens is 1. The van der Waals surface area contributed by atoms with Crippen LogP contribution in [0, 0.1) is 13.8 Å². The van der Waals surface area contributed by atoms with E-state index in [0.717, 1.165) is 33.2 Å².